The number of hydrogen-bond acceptors (Lipinski definition) is 4. The molecule has 0 fully saturated rings. The van der Waals surface area contributed by atoms with Crippen molar-refractivity contribution in [1.82, 2.24) is 4.72 Å². The Morgan fingerprint density at radius 1 is 1.43 bits per heavy atom. The van der Waals surface area contributed by atoms with E-state index in [0.717, 1.165) is 0 Å². The molecule has 0 aliphatic rings. The first-order valence-corrected chi connectivity index (χ1v) is 5.76. The Kier molecular flexibility index (Phi) is 5.03. The van der Waals surface area contributed by atoms with Gasteiger partial charge >= 0.3 is 5.97 Å². The van der Waals surface area contributed by atoms with Crippen LogP contribution in [0.25, 0.3) is 0 Å². The van der Waals surface area contributed by atoms with Crippen molar-refractivity contribution < 1.29 is 23.4 Å². The summed E-state index contributed by atoms with van der Waals surface area (Å²) in [5, 5.41) is 17.0. The fourth-order valence-corrected chi connectivity index (χ4v) is 1.97. The second-order valence-electron chi connectivity index (χ2n) is 3.22. The summed E-state index contributed by atoms with van der Waals surface area (Å²) in [6, 6.07) is -0.482. The van der Waals surface area contributed by atoms with Crippen LogP contribution < -0.4 is 4.72 Å². The van der Waals surface area contributed by atoms with E-state index >= 15 is 0 Å². The summed E-state index contributed by atoms with van der Waals surface area (Å²) in [5.74, 6) is -2.60. The van der Waals surface area contributed by atoms with E-state index in [1.165, 1.54) is 0 Å². The summed E-state index contributed by atoms with van der Waals surface area (Å²) in [6.45, 7) is 3.07. The molecular formula is C7H15NO5S. The smallest absolute Gasteiger partial charge is 0.320 e. The number of rotatable bonds is 6. The SMILES string of the molecule is CC(CO)C(C)NS(=O)(=O)CC(=O)O. The third kappa shape index (κ3) is 5.15. The number of carboxylic acid groups (broad SMARTS) is 1. The normalized spacial score (nSPS) is 16.2. The number of aliphatic hydroxyl groups excluding tert-OH is 1. The highest BCUT2D eigenvalue weighted by molar-refractivity contribution is 7.90. The topological polar surface area (TPSA) is 104 Å². The summed E-state index contributed by atoms with van der Waals surface area (Å²) in [7, 11) is -3.80. The van der Waals surface area contributed by atoms with Gasteiger partial charge in [0.25, 0.3) is 0 Å². The molecule has 84 valence electrons. The molecule has 7 heteroatoms. The molecule has 6 nitrogen and oxygen atoms in total. The van der Waals surface area contributed by atoms with Gasteiger partial charge in [-0.15, -0.1) is 0 Å². The van der Waals surface area contributed by atoms with Gasteiger partial charge in [-0.3, -0.25) is 4.79 Å². The van der Waals surface area contributed by atoms with Crippen LogP contribution in [0.4, 0.5) is 0 Å². The Bertz CT molecular complexity index is 286. The standard InChI is InChI=1S/C7H15NO5S/c1-5(3-9)6(2)8-14(12,13)4-7(10)11/h5-6,8-9H,3-4H2,1-2H3,(H,10,11). The first kappa shape index (κ1) is 13.3. The molecule has 0 bridgehead atoms. The maximum Gasteiger partial charge on any atom is 0.320 e. The number of sulfonamides is 1. The molecule has 2 unspecified atom stereocenters. The van der Waals surface area contributed by atoms with Crippen molar-refractivity contribution in [3.8, 4) is 0 Å². The highest BCUT2D eigenvalue weighted by atomic mass is 32.2. The van der Waals surface area contributed by atoms with Crippen molar-refractivity contribution in [2.75, 3.05) is 12.4 Å². The molecule has 0 heterocycles. The van der Waals surface area contributed by atoms with E-state index in [1.54, 1.807) is 13.8 Å². The summed E-state index contributed by atoms with van der Waals surface area (Å²) in [4.78, 5) is 10.2. The van der Waals surface area contributed by atoms with E-state index in [0.29, 0.717) is 0 Å². The maximum atomic E-state index is 11.1. The fourth-order valence-electron chi connectivity index (χ4n) is 0.762. The lowest BCUT2D eigenvalue weighted by molar-refractivity contribution is -0.134. The van der Waals surface area contributed by atoms with Crippen LogP contribution in [0, 0.1) is 5.92 Å². The van der Waals surface area contributed by atoms with Crippen molar-refractivity contribution in [2.45, 2.75) is 19.9 Å². The molecule has 0 saturated heterocycles. The zero-order valence-corrected chi connectivity index (χ0v) is 8.91. The first-order chi connectivity index (χ1) is 6.28. The number of carbonyl (C=O) groups is 1. The molecule has 3 N–H and O–H groups in total. The molecule has 0 aliphatic heterocycles. The van der Waals surface area contributed by atoms with Gasteiger partial charge in [-0.05, 0) is 12.8 Å². The van der Waals surface area contributed by atoms with Gasteiger partial charge < -0.3 is 10.2 Å². The molecule has 0 aromatic carbocycles. The average molecular weight is 225 g/mol. The molecule has 0 rings (SSSR count). The Hall–Kier alpha value is -0.660. The summed E-state index contributed by atoms with van der Waals surface area (Å²) in [6.07, 6.45) is 0. The molecule has 0 amide bonds. The molecular weight excluding hydrogens is 210 g/mol. The lowest BCUT2D eigenvalue weighted by Gasteiger charge is -2.18. The first-order valence-electron chi connectivity index (χ1n) is 4.11. The van der Waals surface area contributed by atoms with Gasteiger partial charge in [0.15, 0.2) is 5.75 Å². The van der Waals surface area contributed by atoms with Crippen LogP contribution >= 0.6 is 0 Å². The summed E-state index contributed by atoms with van der Waals surface area (Å²) in [5.41, 5.74) is 0. The summed E-state index contributed by atoms with van der Waals surface area (Å²) >= 11 is 0. The average Bonchev–Trinajstić information content (AvgIpc) is 1.99. The largest absolute Gasteiger partial charge is 0.480 e. The van der Waals surface area contributed by atoms with E-state index in [4.69, 9.17) is 10.2 Å². The third-order valence-electron chi connectivity index (χ3n) is 1.82. The van der Waals surface area contributed by atoms with Crippen molar-refractivity contribution in [3.05, 3.63) is 0 Å². The molecule has 0 aliphatic carbocycles. The minimum Gasteiger partial charge on any atom is -0.480 e. The van der Waals surface area contributed by atoms with Gasteiger partial charge in [0.1, 0.15) is 0 Å². The lowest BCUT2D eigenvalue weighted by atomic mass is 10.1. The van der Waals surface area contributed by atoms with E-state index < -0.39 is 27.8 Å². The Morgan fingerprint density at radius 2 is 1.93 bits per heavy atom. The molecule has 0 radical (unpaired) electrons. The minimum absolute atomic E-state index is 0.156. The number of aliphatic hydroxyl groups is 1. The number of aliphatic carboxylic acids is 1. The molecule has 0 aromatic rings. The number of nitrogens with one attached hydrogen (secondary N) is 1. The van der Waals surface area contributed by atoms with E-state index in [1.807, 2.05) is 0 Å². The second-order valence-corrected chi connectivity index (χ2v) is 4.97. The van der Waals surface area contributed by atoms with Crippen LogP contribution in [-0.2, 0) is 14.8 Å². The molecule has 0 aromatic heterocycles. The number of carboxylic acids is 1. The second kappa shape index (κ2) is 5.28. The van der Waals surface area contributed by atoms with Gasteiger partial charge in [0, 0.05) is 12.6 Å². The Balaban J connectivity index is 4.29. The molecule has 0 saturated carbocycles. The van der Waals surface area contributed by atoms with Gasteiger partial charge in [0.2, 0.25) is 10.0 Å². The van der Waals surface area contributed by atoms with Crippen LogP contribution in [0.3, 0.4) is 0 Å². The van der Waals surface area contributed by atoms with Gasteiger partial charge in [-0.1, -0.05) is 6.92 Å². The van der Waals surface area contributed by atoms with Crippen LogP contribution in [0.5, 0.6) is 0 Å². The highest BCUT2D eigenvalue weighted by Crippen LogP contribution is 2.02. The predicted octanol–water partition coefficient (Wildman–Crippen LogP) is -0.993. The monoisotopic (exact) mass is 225 g/mol. The van der Waals surface area contributed by atoms with E-state index in [2.05, 4.69) is 4.72 Å². The van der Waals surface area contributed by atoms with Crippen LogP contribution in [-0.4, -0.2) is 43.0 Å². The molecule has 0 spiro atoms. The number of hydrogen-bond donors (Lipinski definition) is 3. The van der Waals surface area contributed by atoms with Gasteiger partial charge in [-0.2, -0.15) is 0 Å². The highest BCUT2D eigenvalue weighted by Gasteiger charge is 2.21. The van der Waals surface area contributed by atoms with Crippen molar-refractivity contribution in [2.24, 2.45) is 5.92 Å². The van der Waals surface area contributed by atoms with E-state index in [9.17, 15) is 13.2 Å². The predicted molar refractivity (Wildman–Crippen MR) is 50.3 cm³/mol. The van der Waals surface area contributed by atoms with Crippen LogP contribution in [0.1, 0.15) is 13.8 Å². The van der Waals surface area contributed by atoms with E-state index in [-0.39, 0.29) is 12.5 Å². The third-order valence-corrected chi connectivity index (χ3v) is 3.18. The molecule has 2 atom stereocenters. The minimum atomic E-state index is -3.80. The molecule has 14 heavy (non-hydrogen) atoms. The maximum absolute atomic E-state index is 11.1. The Morgan fingerprint density at radius 3 is 2.29 bits per heavy atom. The lowest BCUT2D eigenvalue weighted by Crippen LogP contribution is -2.40. The Labute approximate surface area is 83.0 Å². The van der Waals surface area contributed by atoms with Gasteiger partial charge in [0.05, 0.1) is 0 Å². The van der Waals surface area contributed by atoms with Crippen LogP contribution in [0.15, 0.2) is 0 Å². The zero-order chi connectivity index (χ0) is 11.4. The van der Waals surface area contributed by atoms with Crippen molar-refractivity contribution in [3.63, 3.8) is 0 Å². The zero-order valence-electron chi connectivity index (χ0n) is 8.10. The van der Waals surface area contributed by atoms with Crippen molar-refractivity contribution >= 4 is 16.0 Å². The van der Waals surface area contributed by atoms with Crippen LogP contribution in [0.2, 0.25) is 0 Å². The quantitative estimate of drug-likeness (QED) is 0.538. The summed E-state index contributed by atoms with van der Waals surface area (Å²) < 4.78 is 24.4. The fraction of sp³-hybridized carbons (Fsp3) is 0.857. The van der Waals surface area contributed by atoms with Crippen molar-refractivity contribution in [1.29, 1.82) is 0 Å². The van der Waals surface area contributed by atoms with Gasteiger partial charge in [-0.25, -0.2) is 13.1 Å².